The number of hydrogen-bond acceptors (Lipinski definition) is 9. The largest absolute Gasteiger partial charge is 0.394 e. The molecule has 3 aliphatic heterocycles. The molecule has 0 aliphatic carbocycles. The van der Waals surface area contributed by atoms with E-state index in [4.69, 9.17) is 15.3 Å². The van der Waals surface area contributed by atoms with Crippen LogP contribution in [0, 0.1) is 5.41 Å². The minimum atomic E-state index is -5.01. The van der Waals surface area contributed by atoms with Crippen molar-refractivity contribution in [1.82, 2.24) is 4.90 Å². The molecule has 0 aromatic rings. The third-order valence-electron chi connectivity index (χ3n) is 3.84. The molecule has 6 N–H and O–H groups in total. The Morgan fingerprint density at radius 1 is 1.39 bits per heavy atom. The van der Waals surface area contributed by atoms with Crippen molar-refractivity contribution in [2.45, 2.75) is 29.8 Å². The predicted molar refractivity (Wildman–Crippen MR) is 76.5 cm³/mol. The van der Waals surface area contributed by atoms with E-state index in [2.05, 4.69) is 15.0 Å². The number of aliphatic imine (C=N–C) groups is 3. The number of rotatable bonds is 3. The molecule has 0 amide bonds. The van der Waals surface area contributed by atoms with Gasteiger partial charge in [0.2, 0.25) is 0 Å². The second-order valence-corrected chi connectivity index (χ2v) is 6.88. The highest BCUT2D eigenvalue weighted by Crippen LogP contribution is 2.56. The van der Waals surface area contributed by atoms with Crippen molar-refractivity contribution >= 4 is 31.9 Å². The first-order chi connectivity index (χ1) is 10.7. The van der Waals surface area contributed by atoms with Crippen LogP contribution in [0.3, 0.4) is 0 Å². The fraction of sp³-hybridized carbons (Fsp3) is 0.600. The van der Waals surface area contributed by atoms with Crippen LogP contribution in [0.5, 0.6) is 0 Å². The van der Waals surface area contributed by atoms with E-state index in [1.807, 2.05) is 0 Å². The summed E-state index contributed by atoms with van der Waals surface area (Å²) in [5.74, 6) is -1.05. The lowest BCUT2D eigenvalue weighted by molar-refractivity contribution is -0.0510. The monoisotopic (exact) mass is 347 g/mol. The van der Waals surface area contributed by atoms with Gasteiger partial charge in [0.25, 0.3) is 5.28 Å². The number of aliphatic hydroxyl groups excluding tert-OH is 3. The van der Waals surface area contributed by atoms with Gasteiger partial charge in [-0.15, -0.1) is 0 Å². The maximum Gasteiger partial charge on any atom is 0.368 e. The van der Waals surface area contributed by atoms with Crippen LogP contribution in [0.25, 0.3) is 0 Å². The molecule has 1 unspecified atom stereocenters. The molecule has 0 saturated carbocycles. The fourth-order valence-electron chi connectivity index (χ4n) is 2.63. The van der Waals surface area contributed by atoms with E-state index in [0.29, 0.717) is 0 Å². The number of aliphatic hydroxyl groups is 3. The van der Waals surface area contributed by atoms with Gasteiger partial charge in [-0.3, -0.25) is 14.9 Å². The topological polar surface area (TPSA) is 192 Å². The van der Waals surface area contributed by atoms with Crippen LogP contribution in [0.4, 0.5) is 0 Å². The first-order valence-electron chi connectivity index (χ1n) is 6.45. The standard InChI is InChI=1S/C10H14N5O7P/c11-8-10(23(19,20)21)9(13-2-12-8)15(3-14-10)7-6(18)5(17)4(1-16)22-7/h2-7,11,16-18H,1H2,(H2,19,20,21)/t4-,5-,6-,7-,10?/m1/s1. The van der Waals surface area contributed by atoms with Crippen molar-refractivity contribution in [3.05, 3.63) is 0 Å². The van der Waals surface area contributed by atoms with Gasteiger partial charge in [0.15, 0.2) is 17.9 Å². The third-order valence-corrected chi connectivity index (χ3v) is 5.21. The van der Waals surface area contributed by atoms with Crippen molar-refractivity contribution in [3.63, 3.8) is 0 Å². The quantitative estimate of drug-likeness (QED) is 0.292. The summed E-state index contributed by atoms with van der Waals surface area (Å²) in [5, 5.41) is 34.3. The average molecular weight is 347 g/mol. The molecular weight excluding hydrogens is 333 g/mol. The summed E-state index contributed by atoms with van der Waals surface area (Å²) in [7, 11) is -5.01. The van der Waals surface area contributed by atoms with E-state index in [-0.39, 0.29) is 5.84 Å². The molecule has 3 aliphatic rings. The molecule has 0 radical (unpaired) electrons. The molecular formula is C10H14N5O7P. The van der Waals surface area contributed by atoms with Crippen LogP contribution < -0.4 is 0 Å². The van der Waals surface area contributed by atoms with E-state index in [9.17, 15) is 24.6 Å². The highest BCUT2D eigenvalue weighted by Gasteiger charge is 2.63. The summed E-state index contributed by atoms with van der Waals surface area (Å²) in [6.45, 7) is -0.562. The number of nitrogens with one attached hydrogen (secondary N) is 1. The van der Waals surface area contributed by atoms with Gasteiger partial charge in [-0.2, -0.15) is 0 Å². The zero-order valence-electron chi connectivity index (χ0n) is 11.5. The number of nitrogens with zero attached hydrogens (tertiary/aromatic N) is 4. The Bertz CT molecular complexity index is 675. The summed E-state index contributed by atoms with van der Waals surface area (Å²) in [4.78, 5) is 31.3. The first-order valence-corrected chi connectivity index (χ1v) is 8.07. The molecule has 0 spiro atoms. The van der Waals surface area contributed by atoms with Gasteiger partial charge in [0.1, 0.15) is 24.7 Å². The van der Waals surface area contributed by atoms with E-state index in [1.165, 1.54) is 0 Å². The summed E-state index contributed by atoms with van der Waals surface area (Å²) in [6, 6.07) is 0. The Balaban J connectivity index is 2.01. The maximum atomic E-state index is 11.9. The Labute approximate surface area is 129 Å². The lowest BCUT2D eigenvalue weighted by Crippen LogP contribution is -2.53. The highest BCUT2D eigenvalue weighted by atomic mass is 31.2. The van der Waals surface area contributed by atoms with Crippen LogP contribution in [0.15, 0.2) is 15.0 Å². The second kappa shape index (κ2) is 5.24. The molecule has 0 aromatic heterocycles. The molecule has 0 aromatic carbocycles. The molecule has 1 saturated heterocycles. The van der Waals surface area contributed by atoms with Crippen LogP contribution >= 0.6 is 7.60 Å². The Kier molecular flexibility index (Phi) is 3.72. The number of amidine groups is 2. The van der Waals surface area contributed by atoms with Crippen molar-refractivity contribution < 1.29 is 34.4 Å². The zero-order chi connectivity index (χ0) is 17.0. The molecule has 3 heterocycles. The van der Waals surface area contributed by atoms with Crippen LogP contribution in [-0.4, -0.2) is 90.8 Å². The molecule has 3 rings (SSSR count). The van der Waals surface area contributed by atoms with Gasteiger partial charge in [0, 0.05) is 0 Å². The van der Waals surface area contributed by atoms with E-state index < -0.39 is 49.9 Å². The van der Waals surface area contributed by atoms with Gasteiger partial charge in [-0.05, 0) is 0 Å². The van der Waals surface area contributed by atoms with Crippen LogP contribution in [0.1, 0.15) is 0 Å². The lowest BCUT2D eigenvalue weighted by atomic mass is 10.1. The summed E-state index contributed by atoms with van der Waals surface area (Å²) < 4.78 is 17.2. The smallest absolute Gasteiger partial charge is 0.368 e. The normalized spacial score (nSPS) is 39.8. The minimum absolute atomic E-state index is 0.347. The average Bonchev–Trinajstić information content (AvgIpc) is 3.00. The zero-order valence-corrected chi connectivity index (χ0v) is 12.4. The van der Waals surface area contributed by atoms with Crippen molar-refractivity contribution in [2.24, 2.45) is 15.0 Å². The van der Waals surface area contributed by atoms with Crippen molar-refractivity contribution in [1.29, 1.82) is 5.41 Å². The van der Waals surface area contributed by atoms with Crippen LogP contribution in [-0.2, 0) is 9.30 Å². The molecule has 12 nitrogen and oxygen atoms in total. The molecule has 0 bridgehead atoms. The third kappa shape index (κ3) is 2.11. The van der Waals surface area contributed by atoms with E-state index in [0.717, 1.165) is 17.6 Å². The van der Waals surface area contributed by atoms with E-state index >= 15 is 0 Å². The second-order valence-electron chi connectivity index (χ2n) is 5.14. The summed E-state index contributed by atoms with van der Waals surface area (Å²) in [5.41, 5.74) is 0. The van der Waals surface area contributed by atoms with Gasteiger partial charge >= 0.3 is 7.60 Å². The van der Waals surface area contributed by atoms with Crippen LogP contribution in [0.2, 0.25) is 0 Å². The van der Waals surface area contributed by atoms with E-state index in [1.54, 1.807) is 0 Å². The number of hydrogen-bond donors (Lipinski definition) is 6. The molecule has 126 valence electrons. The van der Waals surface area contributed by atoms with Crippen molar-refractivity contribution in [3.8, 4) is 0 Å². The van der Waals surface area contributed by atoms with Gasteiger partial charge in [-0.25, -0.2) is 15.0 Å². The van der Waals surface area contributed by atoms with Gasteiger partial charge in [-0.1, -0.05) is 0 Å². The lowest BCUT2D eigenvalue weighted by Gasteiger charge is -2.33. The SMILES string of the molecule is N=C1N=CN=C2N([C@@H]3O[C@H](CO)[C@@H](O)[C@H]3O)C=NC12P(=O)(O)O. The molecule has 23 heavy (non-hydrogen) atoms. The molecule has 1 fully saturated rings. The number of fused-ring (bicyclic) bond motifs is 1. The summed E-state index contributed by atoms with van der Waals surface area (Å²) in [6.07, 6.45) is -3.36. The highest BCUT2D eigenvalue weighted by molar-refractivity contribution is 7.56. The summed E-state index contributed by atoms with van der Waals surface area (Å²) >= 11 is 0. The molecule has 5 atom stereocenters. The number of ether oxygens (including phenoxy) is 1. The fourth-order valence-corrected chi connectivity index (χ4v) is 3.60. The predicted octanol–water partition coefficient (Wildman–Crippen LogP) is -2.94. The van der Waals surface area contributed by atoms with Crippen molar-refractivity contribution in [2.75, 3.05) is 6.61 Å². The first kappa shape index (κ1) is 16.3. The Morgan fingerprint density at radius 2 is 2.09 bits per heavy atom. The Hall–Kier alpha value is -1.53. The molecule has 13 heteroatoms. The maximum absolute atomic E-state index is 11.9. The van der Waals surface area contributed by atoms with Gasteiger partial charge < -0.3 is 29.8 Å². The minimum Gasteiger partial charge on any atom is -0.394 e. The van der Waals surface area contributed by atoms with Gasteiger partial charge in [0.05, 0.1) is 12.9 Å². The Morgan fingerprint density at radius 3 is 2.65 bits per heavy atom.